The maximum Gasteiger partial charge on any atom is 0.418 e. The number of hydrogen-bond acceptors (Lipinski definition) is 5. The summed E-state index contributed by atoms with van der Waals surface area (Å²) in [7, 11) is 0. The van der Waals surface area contributed by atoms with Gasteiger partial charge in [0, 0.05) is 13.0 Å². The van der Waals surface area contributed by atoms with Crippen LogP contribution in [0, 0.1) is 5.92 Å². The van der Waals surface area contributed by atoms with Gasteiger partial charge in [-0.05, 0) is 31.2 Å². The molecule has 0 bridgehead atoms. The highest BCUT2D eigenvalue weighted by Gasteiger charge is 2.38. The standard InChI is InChI=1S/C22H21F3N2O5/c1-2-31-18-10-6-5-9-17(18)27-12-14(11-20(27)29)21(30)32-13-19(28)26-16-8-4-3-7-15(16)22(23,24)25/h3-10,14H,2,11-13H2,1H3,(H,26,28)/t14-/m1/s1. The van der Waals surface area contributed by atoms with Gasteiger partial charge in [-0.1, -0.05) is 24.3 Å². The van der Waals surface area contributed by atoms with Crippen LogP contribution in [0.3, 0.4) is 0 Å². The van der Waals surface area contributed by atoms with Gasteiger partial charge in [0.25, 0.3) is 5.91 Å². The summed E-state index contributed by atoms with van der Waals surface area (Å²) in [5.74, 6) is -2.32. The Hall–Kier alpha value is -3.56. The van der Waals surface area contributed by atoms with Gasteiger partial charge in [-0.3, -0.25) is 14.4 Å². The van der Waals surface area contributed by atoms with E-state index in [1.807, 2.05) is 0 Å². The number of benzene rings is 2. The lowest BCUT2D eigenvalue weighted by atomic mass is 10.1. The fourth-order valence-corrected chi connectivity index (χ4v) is 3.34. The average molecular weight is 450 g/mol. The molecule has 0 radical (unpaired) electrons. The van der Waals surface area contributed by atoms with Crippen molar-refractivity contribution in [3.05, 3.63) is 54.1 Å². The highest BCUT2D eigenvalue weighted by molar-refractivity contribution is 6.01. The lowest BCUT2D eigenvalue weighted by Gasteiger charge is -2.20. The normalized spacial score (nSPS) is 16.1. The molecule has 2 aromatic rings. The molecular weight excluding hydrogens is 429 g/mol. The first-order valence-corrected chi connectivity index (χ1v) is 9.85. The number of carbonyl (C=O) groups is 3. The van der Waals surface area contributed by atoms with Crippen molar-refractivity contribution in [2.75, 3.05) is 30.0 Å². The van der Waals surface area contributed by atoms with Gasteiger partial charge in [0.15, 0.2) is 6.61 Å². The molecule has 1 heterocycles. The third-order valence-corrected chi connectivity index (χ3v) is 4.77. The van der Waals surface area contributed by atoms with Crippen LogP contribution in [0.2, 0.25) is 0 Å². The van der Waals surface area contributed by atoms with Crippen molar-refractivity contribution in [1.29, 1.82) is 0 Å². The Morgan fingerprint density at radius 2 is 1.81 bits per heavy atom. The van der Waals surface area contributed by atoms with Gasteiger partial charge >= 0.3 is 12.1 Å². The van der Waals surface area contributed by atoms with E-state index in [2.05, 4.69) is 5.32 Å². The summed E-state index contributed by atoms with van der Waals surface area (Å²) >= 11 is 0. The zero-order chi connectivity index (χ0) is 23.3. The third kappa shape index (κ3) is 5.37. The number of hydrogen-bond donors (Lipinski definition) is 1. The summed E-state index contributed by atoms with van der Waals surface area (Å²) in [6.45, 7) is 1.48. The van der Waals surface area contributed by atoms with Crippen LogP contribution in [0.1, 0.15) is 18.9 Å². The molecule has 0 spiro atoms. The summed E-state index contributed by atoms with van der Waals surface area (Å²) in [6.07, 6.45) is -4.76. The van der Waals surface area contributed by atoms with Crippen molar-refractivity contribution >= 4 is 29.2 Å². The van der Waals surface area contributed by atoms with Crippen molar-refractivity contribution < 1.29 is 37.0 Å². The number of para-hydroxylation sites is 3. The second-order valence-electron chi connectivity index (χ2n) is 7.01. The molecule has 3 rings (SSSR count). The number of esters is 1. The molecule has 0 saturated carbocycles. The van der Waals surface area contributed by atoms with E-state index >= 15 is 0 Å². The monoisotopic (exact) mass is 450 g/mol. The molecule has 10 heteroatoms. The fourth-order valence-electron chi connectivity index (χ4n) is 3.34. The van der Waals surface area contributed by atoms with Crippen molar-refractivity contribution in [2.45, 2.75) is 19.5 Å². The van der Waals surface area contributed by atoms with Crippen LogP contribution in [0.5, 0.6) is 5.75 Å². The van der Waals surface area contributed by atoms with E-state index < -0.39 is 41.8 Å². The van der Waals surface area contributed by atoms with Gasteiger partial charge in [0.05, 0.1) is 29.5 Å². The molecule has 0 aromatic heterocycles. The summed E-state index contributed by atoms with van der Waals surface area (Å²) in [5.41, 5.74) is -0.920. The molecular formula is C22H21F3N2O5. The smallest absolute Gasteiger partial charge is 0.418 e. The van der Waals surface area contributed by atoms with Gasteiger partial charge in [-0.2, -0.15) is 13.2 Å². The minimum Gasteiger partial charge on any atom is -0.492 e. The topological polar surface area (TPSA) is 84.9 Å². The lowest BCUT2D eigenvalue weighted by Crippen LogP contribution is -2.28. The van der Waals surface area contributed by atoms with Crippen LogP contribution in [-0.2, 0) is 25.3 Å². The van der Waals surface area contributed by atoms with Crippen molar-refractivity contribution in [3.63, 3.8) is 0 Å². The molecule has 0 unspecified atom stereocenters. The highest BCUT2D eigenvalue weighted by Crippen LogP contribution is 2.35. The molecule has 1 aliphatic heterocycles. The van der Waals surface area contributed by atoms with Crippen LogP contribution in [-0.4, -0.2) is 37.5 Å². The SMILES string of the molecule is CCOc1ccccc1N1C[C@H](C(=O)OCC(=O)Nc2ccccc2C(F)(F)F)CC1=O. The second-order valence-corrected chi connectivity index (χ2v) is 7.01. The largest absolute Gasteiger partial charge is 0.492 e. The van der Waals surface area contributed by atoms with Crippen molar-refractivity contribution in [1.82, 2.24) is 0 Å². The van der Waals surface area contributed by atoms with Gasteiger partial charge in [0.1, 0.15) is 5.75 Å². The summed E-state index contributed by atoms with van der Waals surface area (Å²) in [4.78, 5) is 38.2. The van der Waals surface area contributed by atoms with E-state index in [0.29, 0.717) is 18.0 Å². The van der Waals surface area contributed by atoms with Gasteiger partial charge < -0.3 is 19.7 Å². The molecule has 1 N–H and O–H groups in total. The van der Waals surface area contributed by atoms with Gasteiger partial charge in [0.2, 0.25) is 5.91 Å². The maximum absolute atomic E-state index is 13.0. The van der Waals surface area contributed by atoms with E-state index in [0.717, 1.165) is 12.1 Å². The molecule has 1 aliphatic rings. The number of nitrogens with one attached hydrogen (secondary N) is 1. The number of rotatable bonds is 7. The number of ether oxygens (including phenoxy) is 2. The Kier molecular flexibility index (Phi) is 7.01. The maximum atomic E-state index is 13.0. The number of alkyl halides is 3. The Morgan fingerprint density at radius 1 is 1.12 bits per heavy atom. The van der Waals surface area contributed by atoms with Crippen LogP contribution in [0.15, 0.2) is 48.5 Å². The first-order valence-electron chi connectivity index (χ1n) is 9.85. The molecule has 1 atom stereocenters. The van der Waals surface area contributed by atoms with E-state index in [-0.39, 0.29) is 18.9 Å². The first-order chi connectivity index (χ1) is 15.2. The average Bonchev–Trinajstić information content (AvgIpc) is 3.14. The Bertz CT molecular complexity index is 1010. The van der Waals surface area contributed by atoms with E-state index in [1.165, 1.54) is 17.0 Å². The van der Waals surface area contributed by atoms with Crippen molar-refractivity contribution in [2.24, 2.45) is 5.92 Å². The zero-order valence-corrected chi connectivity index (χ0v) is 17.1. The third-order valence-electron chi connectivity index (χ3n) is 4.77. The fraction of sp³-hybridized carbons (Fsp3) is 0.318. The van der Waals surface area contributed by atoms with Gasteiger partial charge in [-0.15, -0.1) is 0 Å². The quantitative estimate of drug-likeness (QED) is 0.651. The lowest BCUT2D eigenvalue weighted by molar-refractivity contribution is -0.151. The molecule has 1 fully saturated rings. The first kappa shape index (κ1) is 23.1. The molecule has 32 heavy (non-hydrogen) atoms. The Balaban J connectivity index is 1.59. The van der Waals surface area contributed by atoms with E-state index in [4.69, 9.17) is 9.47 Å². The van der Waals surface area contributed by atoms with Crippen LogP contribution >= 0.6 is 0 Å². The Labute approximate surface area is 182 Å². The van der Waals surface area contributed by atoms with Crippen LogP contribution < -0.4 is 15.0 Å². The minimum absolute atomic E-state index is 0.0419. The zero-order valence-electron chi connectivity index (χ0n) is 17.1. The second kappa shape index (κ2) is 9.71. The van der Waals surface area contributed by atoms with E-state index in [9.17, 15) is 27.6 Å². The summed E-state index contributed by atoms with van der Waals surface area (Å²) in [6, 6.07) is 11.4. The molecule has 1 saturated heterocycles. The van der Waals surface area contributed by atoms with E-state index in [1.54, 1.807) is 31.2 Å². The molecule has 7 nitrogen and oxygen atoms in total. The summed E-state index contributed by atoms with van der Waals surface area (Å²) in [5, 5.41) is 2.10. The highest BCUT2D eigenvalue weighted by atomic mass is 19.4. The number of nitrogens with zero attached hydrogens (tertiary/aromatic N) is 1. The van der Waals surface area contributed by atoms with Crippen molar-refractivity contribution in [3.8, 4) is 5.75 Å². The summed E-state index contributed by atoms with van der Waals surface area (Å²) < 4.78 is 49.5. The molecule has 2 aromatic carbocycles. The predicted molar refractivity (Wildman–Crippen MR) is 109 cm³/mol. The number of amides is 2. The number of carbonyl (C=O) groups excluding carboxylic acids is 3. The number of anilines is 2. The predicted octanol–water partition coefficient (Wildman–Crippen LogP) is 3.64. The molecule has 2 amide bonds. The van der Waals surface area contributed by atoms with Gasteiger partial charge in [-0.25, -0.2) is 0 Å². The molecule has 170 valence electrons. The Morgan fingerprint density at radius 3 is 2.53 bits per heavy atom. The minimum atomic E-state index is -4.65. The van der Waals surface area contributed by atoms with Crippen LogP contribution in [0.4, 0.5) is 24.5 Å². The van der Waals surface area contributed by atoms with Crippen LogP contribution in [0.25, 0.3) is 0 Å². The number of halogens is 3. The molecule has 0 aliphatic carbocycles.